The molecule has 1 fully saturated rings. The Morgan fingerprint density at radius 3 is 2.62 bits per heavy atom. The zero-order valence-electron chi connectivity index (χ0n) is 18.4. The van der Waals surface area contributed by atoms with E-state index in [1.165, 1.54) is 24.4 Å². The third kappa shape index (κ3) is 7.77. The summed E-state index contributed by atoms with van der Waals surface area (Å²) in [5, 5.41) is 18.6. The molecule has 9 nitrogen and oxygen atoms in total. The summed E-state index contributed by atoms with van der Waals surface area (Å²) < 4.78 is 41.9. The predicted octanol–water partition coefficient (Wildman–Crippen LogP) is 2.90. The first-order chi connectivity index (χ1) is 16.2. The highest BCUT2D eigenvalue weighted by Crippen LogP contribution is 2.27. The number of ether oxygens (including phenoxy) is 1. The molecule has 182 valence electrons. The molecule has 2 aromatic rings. The Bertz CT molecular complexity index is 1020. The van der Waals surface area contributed by atoms with Gasteiger partial charge in [-0.1, -0.05) is 18.2 Å². The Kier molecular flexibility index (Phi) is 8.48. The molecular weight excluding hydrogens is 451 g/mol. The second-order valence-corrected chi connectivity index (χ2v) is 8.02. The van der Waals surface area contributed by atoms with Gasteiger partial charge in [-0.05, 0) is 37.7 Å². The molecule has 1 aliphatic carbocycles. The third-order valence-corrected chi connectivity index (χ3v) is 5.51. The van der Waals surface area contributed by atoms with Crippen LogP contribution in [0.4, 0.5) is 24.9 Å². The molecule has 0 radical (unpaired) electrons. The van der Waals surface area contributed by atoms with Crippen LogP contribution in [0.5, 0.6) is 5.75 Å². The number of nitrogens with one attached hydrogen (secondary N) is 3. The summed E-state index contributed by atoms with van der Waals surface area (Å²) in [4.78, 5) is 19.3. The highest BCUT2D eigenvalue weighted by atomic mass is 19.4. The maximum Gasteiger partial charge on any atom is 0.573 e. The van der Waals surface area contributed by atoms with E-state index >= 15 is 0 Å². The molecule has 1 aromatic heterocycles. The van der Waals surface area contributed by atoms with Gasteiger partial charge in [0.25, 0.3) is 0 Å². The van der Waals surface area contributed by atoms with E-state index in [1.807, 2.05) is 6.07 Å². The summed E-state index contributed by atoms with van der Waals surface area (Å²) in [6.45, 7) is 0.776. The molecule has 3 rings (SSSR count). The van der Waals surface area contributed by atoms with Crippen LogP contribution in [0.3, 0.4) is 0 Å². The number of primary amides is 1. The largest absolute Gasteiger partial charge is 0.573 e. The lowest BCUT2D eigenvalue weighted by Crippen LogP contribution is -2.39. The van der Waals surface area contributed by atoms with Crippen molar-refractivity contribution >= 4 is 17.7 Å². The highest BCUT2D eigenvalue weighted by Gasteiger charge is 2.32. The van der Waals surface area contributed by atoms with E-state index < -0.39 is 6.36 Å². The molecule has 0 aliphatic heterocycles. The lowest BCUT2D eigenvalue weighted by atomic mass is 9.86. The smallest absolute Gasteiger partial charge is 0.405 e. The van der Waals surface area contributed by atoms with Crippen molar-refractivity contribution in [2.75, 3.05) is 23.7 Å². The van der Waals surface area contributed by atoms with Gasteiger partial charge in [-0.3, -0.25) is 4.79 Å². The van der Waals surface area contributed by atoms with Crippen LogP contribution < -0.4 is 26.4 Å². The van der Waals surface area contributed by atoms with Crippen LogP contribution in [0.2, 0.25) is 0 Å². The normalized spacial score (nSPS) is 18.1. The maximum absolute atomic E-state index is 12.6. The van der Waals surface area contributed by atoms with Gasteiger partial charge in [0, 0.05) is 24.7 Å². The number of hydrogen-bond acceptors (Lipinski definition) is 8. The van der Waals surface area contributed by atoms with E-state index in [9.17, 15) is 23.2 Å². The number of aromatic nitrogens is 2. The van der Waals surface area contributed by atoms with E-state index in [-0.39, 0.29) is 47.9 Å². The monoisotopic (exact) mass is 477 g/mol. The summed E-state index contributed by atoms with van der Waals surface area (Å²) in [6, 6.07) is 8.09. The first-order valence-corrected chi connectivity index (χ1v) is 10.8. The minimum atomic E-state index is -4.80. The zero-order valence-corrected chi connectivity index (χ0v) is 18.4. The molecule has 34 heavy (non-hydrogen) atoms. The average Bonchev–Trinajstić information content (AvgIpc) is 2.80. The average molecular weight is 477 g/mol. The van der Waals surface area contributed by atoms with Crippen LogP contribution in [-0.2, 0) is 11.3 Å². The fraction of sp³-hybridized carbons (Fsp3) is 0.455. The van der Waals surface area contributed by atoms with Gasteiger partial charge in [0.1, 0.15) is 23.2 Å². The molecule has 0 unspecified atom stereocenters. The van der Waals surface area contributed by atoms with Crippen molar-refractivity contribution in [1.29, 1.82) is 5.26 Å². The number of nitrogens with zero attached hydrogens (tertiary/aromatic N) is 3. The van der Waals surface area contributed by atoms with Crippen molar-refractivity contribution in [2.45, 2.75) is 44.6 Å². The summed E-state index contributed by atoms with van der Waals surface area (Å²) >= 11 is 0. The SMILES string of the molecule is N#Cc1cnc(NCc2ccccc2OC(F)(F)F)nc1NCC1CCC(NCC(N)=O)CC1. The Hall–Kier alpha value is -3.59. The minimum Gasteiger partial charge on any atom is -0.405 e. The molecule has 0 spiro atoms. The second-order valence-electron chi connectivity index (χ2n) is 8.02. The van der Waals surface area contributed by atoms with Crippen molar-refractivity contribution in [1.82, 2.24) is 15.3 Å². The summed E-state index contributed by atoms with van der Waals surface area (Å²) in [6.07, 6.45) is 0.284. The van der Waals surface area contributed by atoms with Crippen LogP contribution in [-0.4, -0.2) is 41.4 Å². The number of amides is 1. The highest BCUT2D eigenvalue weighted by molar-refractivity contribution is 5.75. The van der Waals surface area contributed by atoms with Gasteiger partial charge < -0.3 is 26.4 Å². The Morgan fingerprint density at radius 1 is 1.21 bits per heavy atom. The lowest BCUT2D eigenvalue weighted by molar-refractivity contribution is -0.274. The molecule has 5 N–H and O–H groups in total. The van der Waals surface area contributed by atoms with E-state index in [0.717, 1.165) is 25.7 Å². The number of benzene rings is 1. The lowest BCUT2D eigenvalue weighted by Gasteiger charge is -2.29. The summed E-state index contributed by atoms with van der Waals surface area (Å²) in [7, 11) is 0. The minimum absolute atomic E-state index is 0.0000894. The van der Waals surface area contributed by atoms with Crippen molar-refractivity contribution in [3.05, 3.63) is 41.6 Å². The molecule has 1 heterocycles. The molecule has 0 saturated heterocycles. The molecule has 1 saturated carbocycles. The van der Waals surface area contributed by atoms with Gasteiger partial charge in [-0.15, -0.1) is 13.2 Å². The van der Waals surface area contributed by atoms with Crippen molar-refractivity contribution < 1.29 is 22.7 Å². The number of carbonyl (C=O) groups excluding carboxylic acids is 1. The number of anilines is 2. The Morgan fingerprint density at radius 2 is 1.94 bits per heavy atom. The van der Waals surface area contributed by atoms with Gasteiger partial charge in [0.15, 0.2) is 0 Å². The number of carbonyl (C=O) groups is 1. The molecule has 1 aliphatic rings. The van der Waals surface area contributed by atoms with Crippen molar-refractivity contribution in [2.24, 2.45) is 11.7 Å². The van der Waals surface area contributed by atoms with Crippen molar-refractivity contribution in [3.8, 4) is 11.8 Å². The number of nitriles is 1. The number of rotatable bonds is 10. The van der Waals surface area contributed by atoms with Crippen LogP contribution in [0, 0.1) is 17.2 Å². The van der Waals surface area contributed by atoms with Crippen molar-refractivity contribution in [3.63, 3.8) is 0 Å². The topological polar surface area (TPSA) is 138 Å². The summed E-state index contributed by atoms with van der Waals surface area (Å²) in [5.74, 6) is 0.209. The Balaban J connectivity index is 1.56. The third-order valence-electron chi connectivity index (χ3n) is 5.51. The van der Waals surface area contributed by atoms with E-state index in [1.54, 1.807) is 6.07 Å². The number of para-hydroxylation sites is 1. The molecule has 1 amide bonds. The quantitative estimate of drug-likeness (QED) is 0.410. The fourth-order valence-corrected chi connectivity index (χ4v) is 3.79. The van der Waals surface area contributed by atoms with Gasteiger partial charge in [0.05, 0.1) is 12.7 Å². The number of alkyl halides is 3. The maximum atomic E-state index is 12.6. The first-order valence-electron chi connectivity index (χ1n) is 10.8. The Labute approximate surface area is 194 Å². The van der Waals surface area contributed by atoms with Gasteiger partial charge in [-0.2, -0.15) is 10.2 Å². The number of hydrogen-bond donors (Lipinski definition) is 4. The van der Waals surface area contributed by atoms with Crippen LogP contribution in [0.15, 0.2) is 30.5 Å². The standard InChI is InChI=1S/C22H26F3N7O2/c23-22(24,25)34-18-4-2-1-3-15(18)11-30-21-31-12-16(9-26)20(32-21)29-10-14-5-7-17(8-6-14)28-13-19(27)33/h1-4,12,14,17,28H,5-8,10-11,13H2,(H2,27,33)(H2,29,30,31,32). The van der Waals surface area contributed by atoms with E-state index in [2.05, 4.69) is 30.7 Å². The first kappa shape index (κ1) is 25.0. The fourth-order valence-electron chi connectivity index (χ4n) is 3.79. The van der Waals surface area contributed by atoms with E-state index in [0.29, 0.717) is 18.3 Å². The van der Waals surface area contributed by atoms with Crippen LogP contribution >= 0.6 is 0 Å². The van der Waals surface area contributed by atoms with Gasteiger partial charge in [0.2, 0.25) is 11.9 Å². The number of nitrogens with two attached hydrogens (primary N) is 1. The van der Waals surface area contributed by atoms with Gasteiger partial charge in [-0.25, -0.2) is 4.98 Å². The molecule has 0 bridgehead atoms. The molecular formula is C22H26F3N7O2. The predicted molar refractivity (Wildman–Crippen MR) is 119 cm³/mol. The zero-order chi connectivity index (χ0) is 24.6. The van der Waals surface area contributed by atoms with Crippen LogP contribution in [0.25, 0.3) is 0 Å². The number of halogens is 3. The molecule has 0 atom stereocenters. The second kappa shape index (κ2) is 11.5. The van der Waals surface area contributed by atoms with Crippen LogP contribution in [0.1, 0.15) is 36.8 Å². The van der Waals surface area contributed by atoms with Gasteiger partial charge >= 0.3 is 6.36 Å². The molecule has 12 heteroatoms. The van der Waals surface area contributed by atoms with E-state index in [4.69, 9.17) is 5.73 Å². The molecule has 1 aromatic carbocycles. The summed E-state index contributed by atoms with van der Waals surface area (Å²) in [5.41, 5.74) is 5.72.